The van der Waals surface area contributed by atoms with E-state index in [2.05, 4.69) is 60.7 Å². The van der Waals surface area contributed by atoms with Gasteiger partial charge in [-0.15, -0.1) is 0 Å². The summed E-state index contributed by atoms with van der Waals surface area (Å²) in [5, 5.41) is 9.83. The van der Waals surface area contributed by atoms with Gasteiger partial charge in [0.2, 0.25) is 0 Å². The highest BCUT2D eigenvalue weighted by molar-refractivity contribution is 6.22. The molecule has 0 aromatic heterocycles. The molecule has 5 rings (SSSR count). The average Bonchev–Trinajstić information content (AvgIpc) is 2.52. The Morgan fingerprint density at radius 1 is 0.700 bits per heavy atom. The SMILES string of the molecule is C1=c2ccc3c4ccccc4cc4ccc(c2c43)CC1. The topological polar surface area (TPSA) is 0 Å². The van der Waals surface area contributed by atoms with Gasteiger partial charge in [-0.1, -0.05) is 54.6 Å². The smallest absolute Gasteiger partial charge is 0.00237 e. The predicted octanol–water partition coefficient (Wildman–Crippen LogP) is 4.59. The van der Waals surface area contributed by atoms with Crippen LogP contribution in [-0.4, -0.2) is 0 Å². The number of hydrogen-bond acceptors (Lipinski definition) is 0. The standard InChI is InChI=1S/C20H14/c1-2-7-17-15(4-1)12-16-9-8-13-5-3-6-14-10-11-18(17)20(16)19(13)14/h1-2,4,6-12H,3,5H2. The molecule has 0 fully saturated rings. The molecule has 0 heteroatoms. The van der Waals surface area contributed by atoms with Crippen molar-refractivity contribution in [2.75, 3.05) is 0 Å². The summed E-state index contributed by atoms with van der Waals surface area (Å²) in [5.74, 6) is 0. The van der Waals surface area contributed by atoms with Crippen LogP contribution >= 0.6 is 0 Å². The first-order chi connectivity index (χ1) is 9.92. The van der Waals surface area contributed by atoms with E-state index in [9.17, 15) is 0 Å². The maximum absolute atomic E-state index is 2.39. The third-order valence-corrected chi connectivity index (χ3v) is 4.65. The molecule has 94 valence electrons. The van der Waals surface area contributed by atoms with Gasteiger partial charge in [-0.2, -0.15) is 0 Å². The molecule has 0 nitrogen and oxygen atoms in total. The lowest BCUT2D eigenvalue weighted by Gasteiger charge is -2.16. The quantitative estimate of drug-likeness (QED) is 0.318. The van der Waals surface area contributed by atoms with E-state index in [0.29, 0.717) is 0 Å². The summed E-state index contributed by atoms with van der Waals surface area (Å²) in [7, 11) is 0. The fourth-order valence-electron chi connectivity index (χ4n) is 3.76. The average molecular weight is 254 g/mol. The summed E-state index contributed by atoms with van der Waals surface area (Å²) < 4.78 is 0. The van der Waals surface area contributed by atoms with Crippen LogP contribution in [0, 0.1) is 0 Å². The molecule has 0 atom stereocenters. The Morgan fingerprint density at radius 2 is 1.65 bits per heavy atom. The normalized spacial score (nSPS) is 14.0. The second kappa shape index (κ2) is 3.61. The number of fused-ring (bicyclic) bond motifs is 2. The summed E-state index contributed by atoms with van der Waals surface area (Å²) in [6, 6.07) is 20.3. The molecule has 0 amide bonds. The van der Waals surface area contributed by atoms with E-state index in [-0.39, 0.29) is 0 Å². The van der Waals surface area contributed by atoms with Gasteiger partial charge in [0.1, 0.15) is 0 Å². The van der Waals surface area contributed by atoms with E-state index in [1.165, 1.54) is 55.9 Å². The molecule has 0 heterocycles. The third kappa shape index (κ3) is 1.21. The molecule has 0 saturated carbocycles. The van der Waals surface area contributed by atoms with Crippen LogP contribution in [0.4, 0.5) is 0 Å². The Labute approximate surface area is 117 Å². The number of rotatable bonds is 0. The fourth-order valence-corrected chi connectivity index (χ4v) is 3.76. The van der Waals surface area contributed by atoms with Gasteiger partial charge in [-0.05, 0) is 62.0 Å². The van der Waals surface area contributed by atoms with E-state index < -0.39 is 0 Å². The van der Waals surface area contributed by atoms with Gasteiger partial charge in [0.25, 0.3) is 0 Å². The second-order valence-electron chi connectivity index (χ2n) is 5.74. The van der Waals surface area contributed by atoms with E-state index in [1.807, 2.05) is 0 Å². The Kier molecular flexibility index (Phi) is 1.88. The highest BCUT2D eigenvalue weighted by Crippen LogP contribution is 2.34. The van der Waals surface area contributed by atoms with Crippen molar-refractivity contribution in [3.05, 3.63) is 65.4 Å². The Balaban J connectivity index is 2.20. The van der Waals surface area contributed by atoms with Crippen LogP contribution in [0.25, 0.3) is 38.4 Å². The molecular formula is C20H14. The van der Waals surface area contributed by atoms with Crippen LogP contribution in [-0.2, 0) is 6.42 Å². The van der Waals surface area contributed by atoms with Crippen molar-refractivity contribution < 1.29 is 0 Å². The van der Waals surface area contributed by atoms with Crippen LogP contribution in [0.15, 0.2) is 54.6 Å². The summed E-state index contributed by atoms with van der Waals surface area (Å²) >= 11 is 0. The Bertz CT molecular complexity index is 1040. The second-order valence-corrected chi connectivity index (χ2v) is 5.74. The Morgan fingerprint density at radius 3 is 2.65 bits per heavy atom. The summed E-state index contributed by atoms with van der Waals surface area (Å²) in [6.07, 6.45) is 4.73. The maximum atomic E-state index is 2.39. The molecule has 0 N–H and O–H groups in total. The van der Waals surface area contributed by atoms with Crippen molar-refractivity contribution >= 4 is 38.4 Å². The van der Waals surface area contributed by atoms with Crippen LogP contribution in [0.5, 0.6) is 0 Å². The van der Waals surface area contributed by atoms with E-state index in [1.54, 1.807) is 0 Å². The molecule has 0 aliphatic heterocycles. The lowest BCUT2D eigenvalue weighted by atomic mass is 9.88. The highest BCUT2D eigenvalue weighted by Gasteiger charge is 2.12. The summed E-state index contributed by atoms with van der Waals surface area (Å²) in [4.78, 5) is 0. The number of benzene rings is 4. The lowest BCUT2D eigenvalue weighted by Crippen LogP contribution is -2.09. The molecule has 0 bridgehead atoms. The van der Waals surface area contributed by atoms with Crippen molar-refractivity contribution in [2.24, 2.45) is 0 Å². The van der Waals surface area contributed by atoms with Crippen LogP contribution in [0.1, 0.15) is 12.0 Å². The molecule has 1 aliphatic carbocycles. The van der Waals surface area contributed by atoms with Crippen LogP contribution < -0.4 is 5.22 Å². The molecule has 0 saturated heterocycles. The molecule has 0 radical (unpaired) electrons. The molecule has 4 aromatic carbocycles. The largest absolute Gasteiger partial charge is 0.0763 e. The molecule has 20 heavy (non-hydrogen) atoms. The molecule has 4 aromatic rings. The van der Waals surface area contributed by atoms with Crippen molar-refractivity contribution in [2.45, 2.75) is 12.8 Å². The first kappa shape index (κ1) is 10.4. The van der Waals surface area contributed by atoms with Crippen molar-refractivity contribution in [1.82, 2.24) is 0 Å². The maximum Gasteiger partial charge on any atom is -0.00237 e. The minimum Gasteiger partial charge on any atom is -0.0763 e. The predicted molar refractivity (Wildman–Crippen MR) is 87.0 cm³/mol. The van der Waals surface area contributed by atoms with E-state index >= 15 is 0 Å². The van der Waals surface area contributed by atoms with Gasteiger partial charge >= 0.3 is 0 Å². The van der Waals surface area contributed by atoms with Crippen molar-refractivity contribution in [1.29, 1.82) is 0 Å². The third-order valence-electron chi connectivity index (χ3n) is 4.65. The number of aryl methyl sites for hydroxylation is 1. The Hall–Kier alpha value is -2.34. The highest BCUT2D eigenvalue weighted by atomic mass is 14.2. The van der Waals surface area contributed by atoms with E-state index in [0.717, 1.165) is 0 Å². The zero-order chi connectivity index (χ0) is 13.1. The van der Waals surface area contributed by atoms with Gasteiger partial charge in [0.05, 0.1) is 0 Å². The zero-order valence-corrected chi connectivity index (χ0v) is 11.2. The fraction of sp³-hybridized carbons (Fsp3) is 0.100. The van der Waals surface area contributed by atoms with E-state index in [4.69, 9.17) is 0 Å². The van der Waals surface area contributed by atoms with Gasteiger partial charge in [0.15, 0.2) is 0 Å². The summed E-state index contributed by atoms with van der Waals surface area (Å²) in [6.45, 7) is 0. The monoisotopic (exact) mass is 254 g/mol. The zero-order valence-electron chi connectivity index (χ0n) is 11.2. The van der Waals surface area contributed by atoms with Gasteiger partial charge in [0, 0.05) is 0 Å². The minimum absolute atomic E-state index is 1.17. The van der Waals surface area contributed by atoms with Gasteiger partial charge in [-0.3, -0.25) is 0 Å². The lowest BCUT2D eigenvalue weighted by molar-refractivity contribution is 1.04. The molecular weight excluding hydrogens is 240 g/mol. The number of hydrogen-bond donors (Lipinski definition) is 0. The molecule has 0 unspecified atom stereocenters. The van der Waals surface area contributed by atoms with Crippen LogP contribution in [0.3, 0.4) is 0 Å². The van der Waals surface area contributed by atoms with Crippen LogP contribution in [0.2, 0.25) is 0 Å². The van der Waals surface area contributed by atoms with Crippen molar-refractivity contribution in [3.8, 4) is 0 Å². The van der Waals surface area contributed by atoms with Gasteiger partial charge < -0.3 is 0 Å². The molecule has 0 spiro atoms. The molecule has 1 aliphatic rings. The van der Waals surface area contributed by atoms with Gasteiger partial charge in [-0.25, -0.2) is 0 Å². The first-order valence-electron chi connectivity index (χ1n) is 7.28. The first-order valence-corrected chi connectivity index (χ1v) is 7.28. The van der Waals surface area contributed by atoms with Crippen molar-refractivity contribution in [3.63, 3.8) is 0 Å². The summed E-state index contributed by atoms with van der Waals surface area (Å²) in [5.41, 5.74) is 1.51. The minimum atomic E-state index is 1.17.